The molecule has 8 aromatic heterocycles. The van der Waals surface area contributed by atoms with Crippen LogP contribution >= 0.6 is 151 Å². The number of esters is 1. The molecule has 0 aromatic carbocycles. The summed E-state index contributed by atoms with van der Waals surface area (Å²) in [6.07, 6.45) is 7.43. The molecule has 0 saturated carbocycles. The quantitative estimate of drug-likeness (QED) is 0.00598. The van der Waals surface area contributed by atoms with Gasteiger partial charge in [-0.1, -0.05) is 153 Å². The number of nitrogens with one attached hydrogen (secondary N) is 7. The molecule has 0 fully saturated rings. The molecule has 0 atom stereocenters. The van der Waals surface area contributed by atoms with Gasteiger partial charge in [0, 0.05) is 74.8 Å². The largest absolute Gasteiger partial charge is 0.460 e. The van der Waals surface area contributed by atoms with Gasteiger partial charge in [0.1, 0.15) is 82.8 Å². The molecular formula is C62H82Cl9IN20O2S2. The van der Waals surface area contributed by atoms with Crippen LogP contribution in [0.15, 0.2) is 91.5 Å². The highest BCUT2D eigenvalue weighted by Crippen LogP contribution is 2.25. The standard InChI is InChI=1S/C16H20ClN5O2.C10H12ClN5.C10H14ClN3S.C9H12ClN3S.C8H10Cl2N2.C5H2Cl3N.C3H9N.CH3I/c1-10(2)19-14-8-12(7-13(17)20-14)16-18-9-22(21-16)6-5-15(23)24-11(3)4;1-6(2)14-9-4-7(3-8(11)15-9)10-12-5-13-16-10;1-6(2)13-9-5-7(10(12)15-3)4-8(11)14-9;1-5(2)12-8-4-6(9(11)14)3-7(10)13-8;1-5(2)11-8-4-6(9)3-7(10)12-8;6-3-1-4(7)9-5(8)2-3;1-3(2)4;1-2/h5-11H,1-4H3,(H,19,20);3-6H,1-2H3,(H,14,15)(H,12,13,16);4-6,12H,1-3H3,(H,13,14);3-5H,1-2H3,(H2,11,14)(H,12,13);3-5H,1-2H3,(H,11,12);1-2H;3H,4H2,1-2H3;1H3/b6-5-;;;;;;;. The van der Waals surface area contributed by atoms with Gasteiger partial charge in [0.15, 0.2) is 11.6 Å². The predicted octanol–water partition coefficient (Wildman–Crippen LogP) is 18.7. The van der Waals surface area contributed by atoms with Crippen LogP contribution in [0, 0.1) is 5.41 Å². The molecule has 0 radical (unpaired) electrons. The number of pyridine rings is 6. The van der Waals surface area contributed by atoms with Gasteiger partial charge in [-0.2, -0.15) is 5.10 Å². The van der Waals surface area contributed by atoms with E-state index in [2.05, 4.69) is 104 Å². The monoisotopic (exact) mass is 1640 g/mol. The van der Waals surface area contributed by atoms with Crippen LogP contribution in [0.3, 0.4) is 0 Å². The first kappa shape index (κ1) is 88.6. The third-order valence-corrected chi connectivity index (χ3v) is 12.4. The summed E-state index contributed by atoms with van der Waals surface area (Å²) in [6.45, 7) is 27.7. The number of carbonyl (C=O) groups is 1. The van der Waals surface area contributed by atoms with Crippen molar-refractivity contribution < 1.29 is 9.53 Å². The maximum Gasteiger partial charge on any atom is 0.332 e. The van der Waals surface area contributed by atoms with E-state index in [1.54, 1.807) is 56.3 Å². The van der Waals surface area contributed by atoms with Crippen molar-refractivity contribution in [1.29, 1.82) is 5.41 Å². The maximum absolute atomic E-state index is 11.5. The van der Waals surface area contributed by atoms with Crippen LogP contribution in [-0.4, -0.2) is 129 Å². The zero-order chi connectivity index (χ0) is 72.9. The fourth-order valence-electron chi connectivity index (χ4n) is 6.63. The summed E-state index contributed by atoms with van der Waals surface area (Å²) in [5.74, 6) is 4.22. The normalized spacial score (nSPS) is 10.4. The lowest BCUT2D eigenvalue weighted by Crippen LogP contribution is -2.14. The second-order valence-electron chi connectivity index (χ2n) is 21.5. The molecule has 34 heteroatoms. The Balaban J connectivity index is 0.000000578. The molecule has 96 heavy (non-hydrogen) atoms. The van der Waals surface area contributed by atoms with Gasteiger partial charge in [-0.05, 0) is 173 Å². The first-order valence-corrected chi connectivity index (χ1v) is 36.2. The first-order chi connectivity index (χ1) is 45.0. The van der Waals surface area contributed by atoms with E-state index in [1.807, 2.05) is 112 Å². The molecular weight excluding hydrogens is 1570 g/mol. The zero-order valence-electron chi connectivity index (χ0n) is 55.8. The van der Waals surface area contributed by atoms with Crippen molar-refractivity contribution in [3.05, 3.63) is 149 Å². The van der Waals surface area contributed by atoms with Crippen LogP contribution in [0.1, 0.15) is 108 Å². The number of nitrogens with zero attached hydrogens (tertiary/aromatic N) is 11. The van der Waals surface area contributed by atoms with E-state index in [-0.39, 0.29) is 12.1 Å². The van der Waals surface area contributed by atoms with Gasteiger partial charge >= 0.3 is 5.97 Å². The molecule has 11 N–H and O–H groups in total. The average Bonchev–Trinajstić information content (AvgIpc) is 1.58. The van der Waals surface area contributed by atoms with Crippen LogP contribution < -0.4 is 38.1 Å². The number of H-pyrrole nitrogens is 1. The Morgan fingerprint density at radius 3 is 1.31 bits per heavy atom. The van der Waals surface area contributed by atoms with Crippen LogP contribution in [0.5, 0.6) is 0 Å². The minimum Gasteiger partial charge on any atom is -0.460 e. The Kier molecular flexibility index (Phi) is 43.9. The van der Waals surface area contributed by atoms with Crippen molar-refractivity contribution in [3.8, 4) is 22.8 Å². The third-order valence-electron chi connectivity index (χ3n) is 9.77. The second-order valence-corrected chi connectivity index (χ2v) is 26.3. The van der Waals surface area contributed by atoms with Crippen LogP contribution in [0.25, 0.3) is 29.0 Å². The summed E-state index contributed by atoms with van der Waals surface area (Å²) in [5.41, 5.74) is 13.7. The van der Waals surface area contributed by atoms with Gasteiger partial charge in [0.05, 0.1) is 11.1 Å². The van der Waals surface area contributed by atoms with Gasteiger partial charge in [-0.3, -0.25) is 10.5 Å². The molecule has 0 amide bonds. The van der Waals surface area contributed by atoms with Gasteiger partial charge < -0.3 is 42.8 Å². The maximum atomic E-state index is 11.5. The fourth-order valence-corrected chi connectivity index (χ4v) is 9.18. The number of anilines is 5. The average molecular weight is 1650 g/mol. The molecule has 8 rings (SSSR count). The minimum absolute atomic E-state index is 0.167. The summed E-state index contributed by atoms with van der Waals surface area (Å²) < 4.78 is 6.44. The Bertz CT molecular complexity index is 3590. The minimum atomic E-state index is -0.433. The number of nitrogens with two attached hydrogens (primary N) is 2. The molecule has 22 nitrogen and oxygen atoms in total. The summed E-state index contributed by atoms with van der Waals surface area (Å²) in [4.78, 5) is 46.4. The molecule has 8 heterocycles. The number of hydrogen-bond acceptors (Lipinski definition) is 21. The van der Waals surface area contributed by atoms with Gasteiger partial charge in [0.25, 0.3) is 0 Å². The zero-order valence-corrected chi connectivity index (χ0v) is 66.4. The van der Waals surface area contributed by atoms with E-state index in [4.69, 9.17) is 138 Å². The number of aromatic amines is 1. The lowest BCUT2D eigenvalue weighted by atomic mass is 10.2. The molecule has 0 aliphatic carbocycles. The number of ether oxygens (including phenoxy) is 1. The van der Waals surface area contributed by atoms with Crippen molar-refractivity contribution >= 4 is 202 Å². The number of alkyl halides is 1. The van der Waals surface area contributed by atoms with E-state index >= 15 is 0 Å². The Morgan fingerprint density at radius 2 is 0.927 bits per heavy atom. The number of carbonyl (C=O) groups excluding carboxylic acids is 1. The topological polar surface area (TPSA) is 312 Å². The highest BCUT2D eigenvalue weighted by molar-refractivity contribution is 14.1. The van der Waals surface area contributed by atoms with Crippen LogP contribution in [-0.2, 0) is 9.53 Å². The Morgan fingerprint density at radius 1 is 0.562 bits per heavy atom. The number of rotatable bonds is 17. The number of thiocarbonyl (C=S) groups is 1. The van der Waals surface area contributed by atoms with Crippen molar-refractivity contribution in [1.82, 2.24) is 59.8 Å². The Hall–Kier alpha value is -5.40. The summed E-state index contributed by atoms with van der Waals surface area (Å²) in [7, 11) is 0. The Labute approximate surface area is 631 Å². The van der Waals surface area contributed by atoms with Crippen molar-refractivity contribution in [3.63, 3.8) is 0 Å². The van der Waals surface area contributed by atoms with E-state index in [1.165, 1.54) is 53.5 Å². The number of aromatic nitrogens is 12. The van der Waals surface area contributed by atoms with Crippen molar-refractivity contribution in [2.24, 2.45) is 11.5 Å². The molecule has 0 aliphatic heterocycles. The van der Waals surface area contributed by atoms with Crippen molar-refractivity contribution in [2.75, 3.05) is 37.8 Å². The third kappa shape index (κ3) is 40.5. The van der Waals surface area contributed by atoms with Gasteiger partial charge in [-0.15, -0.1) is 16.9 Å². The molecule has 8 aromatic rings. The number of hydrogen-bond donors (Lipinski definition) is 9. The molecule has 0 bridgehead atoms. The number of halogens is 10. The summed E-state index contributed by atoms with van der Waals surface area (Å²) >= 11 is 60.0. The lowest BCUT2D eigenvalue weighted by Gasteiger charge is -2.10. The smallest absolute Gasteiger partial charge is 0.332 e. The van der Waals surface area contributed by atoms with Gasteiger partial charge in [-0.25, -0.2) is 49.3 Å². The lowest BCUT2D eigenvalue weighted by molar-refractivity contribution is -0.141. The molecule has 0 spiro atoms. The second kappa shape index (κ2) is 47.6. The van der Waals surface area contributed by atoms with Crippen LogP contribution in [0.2, 0.25) is 46.1 Å². The first-order valence-electron chi connectivity index (χ1n) is 29.1. The van der Waals surface area contributed by atoms with Gasteiger partial charge in [0.2, 0.25) is 0 Å². The number of thioether (sulfide) groups is 1. The van der Waals surface area contributed by atoms with E-state index < -0.39 is 5.97 Å². The van der Waals surface area contributed by atoms with Crippen LogP contribution in [0.4, 0.5) is 29.1 Å². The molecule has 0 unspecified atom stereocenters. The van der Waals surface area contributed by atoms with E-state index in [9.17, 15) is 4.79 Å². The summed E-state index contributed by atoms with van der Waals surface area (Å²) in [6, 6.07) is 22.3. The van der Waals surface area contributed by atoms with E-state index in [0.29, 0.717) is 121 Å². The van der Waals surface area contributed by atoms with E-state index in [0.717, 1.165) is 28.1 Å². The fraction of sp³-hybridized carbons (Fsp3) is 0.371. The SMILES string of the molecule is CC(C)N.CC(C)Nc1cc(-c2ncn(/C=C\C(=O)OC(C)C)n2)cc(Cl)n1.CC(C)Nc1cc(-c2ncn[nH]2)cc(Cl)n1.CC(C)Nc1cc(C(N)=S)cc(Cl)n1.CC(C)Nc1cc(Cl)cc(Cl)n1.CI.CSC(=N)c1cc(Cl)nc(NC(C)C)c1.Clc1cc(Cl)nc(Cl)c1. The molecule has 0 aliphatic rings. The highest BCUT2D eigenvalue weighted by Gasteiger charge is 2.12. The van der Waals surface area contributed by atoms with Crippen molar-refractivity contribution in [2.45, 2.75) is 139 Å². The highest BCUT2D eigenvalue weighted by atomic mass is 127. The summed E-state index contributed by atoms with van der Waals surface area (Å²) in [5, 5.41) is 38.6. The predicted molar refractivity (Wildman–Crippen MR) is 421 cm³/mol. The molecule has 0 saturated heterocycles. The molecule has 524 valence electrons.